The Balaban J connectivity index is 1.47. The van der Waals surface area contributed by atoms with Gasteiger partial charge in [-0.3, -0.25) is 0 Å². The van der Waals surface area contributed by atoms with Gasteiger partial charge in [-0.25, -0.2) is 4.79 Å². The van der Waals surface area contributed by atoms with Gasteiger partial charge in [0.1, 0.15) is 0 Å². The Morgan fingerprint density at radius 3 is 2.42 bits per heavy atom. The van der Waals surface area contributed by atoms with E-state index in [4.69, 9.17) is 0 Å². The molecule has 2 fully saturated rings. The van der Waals surface area contributed by atoms with E-state index in [-0.39, 0.29) is 6.03 Å². The minimum Gasteiger partial charge on any atom is -0.325 e. The Morgan fingerprint density at radius 1 is 1.12 bits per heavy atom. The van der Waals surface area contributed by atoms with Crippen molar-refractivity contribution in [3.63, 3.8) is 0 Å². The number of amides is 2. The summed E-state index contributed by atoms with van der Waals surface area (Å²) in [4.78, 5) is 17.3. The lowest BCUT2D eigenvalue weighted by Crippen LogP contribution is -2.46. The number of urea groups is 1. The second kappa shape index (κ2) is 8.43. The molecular formula is C22H35N3O. The number of likely N-dealkylation sites (tertiary alicyclic amines) is 2. The molecule has 2 saturated heterocycles. The molecule has 2 atom stereocenters. The van der Waals surface area contributed by atoms with Crippen LogP contribution < -0.4 is 5.32 Å². The number of aryl methyl sites for hydroxylation is 2. The molecular weight excluding hydrogens is 322 g/mol. The molecule has 2 amide bonds. The fraction of sp³-hybridized carbons (Fsp3) is 0.682. The Morgan fingerprint density at radius 2 is 1.77 bits per heavy atom. The molecule has 4 nitrogen and oxygen atoms in total. The van der Waals surface area contributed by atoms with E-state index in [0.717, 1.165) is 54.9 Å². The van der Waals surface area contributed by atoms with Crippen molar-refractivity contribution in [2.45, 2.75) is 47.0 Å². The van der Waals surface area contributed by atoms with Crippen LogP contribution in [-0.2, 0) is 0 Å². The molecule has 0 aromatic heterocycles. The maximum Gasteiger partial charge on any atom is 0.321 e. The molecule has 0 aliphatic carbocycles. The van der Waals surface area contributed by atoms with E-state index >= 15 is 0 Å². The second-order valence-corrected chi connectivity index (χ2v) is 8.84. The zero-order valence-electron chi connectivity index (χ0n) is 16.9. The van der Waals surface area contributed by atoms with Gasteiger partial charge in [0.05, 0.1) is 0 Å². The van der Waals surface area contributed by atoms with Gasteiger partial charge in [0.25, 0.3) is 0 Å². The summed E-state index contributed by atoms with van der Waals surface area (Å²) in [5.41, 5.74) is 3.23. The molecule has 26 heavy (non-hydrogen) atoms. The molecule has 2 aliphatic heterocycles. The van der Waals surface area contributed by atoms with Gasteiger partial charge in [-0.1, -0.05) is 26.0 Å². The minimum atomic E-state index is 0.0531. The first-order chi connectivity index (χ1) is 12.4. The first-order valence-corrected chi connectivity index (χ1v) is 10.3. The Bertz CT molecular complexity index is 612. The summed E-state index contributed by atoms with van der Waals surface area (Å²) in [6.07, 6.45) is 3.62. The monoisotopic (exact) mass is 357 g/mol. The molecule has 1 aromatic carbocycles. The highest BCUT2D eigenvalue weighted by atomic mass is 16.2. The fourth-order valence-corrected chi connectivity index (χ4v) is 4.69. The fourth-order valence-electron chi connectivity index (χ4n) is 4.69. The molecule has 0 saturated carbocycles. The highest BCUT2D eigenvalue weighted by Crippen LogP contribution is 2.25. The number of carbonyl (C=O) groups is 1. The van der Waals surface area contributed by atoms with Crippen LogP contribution in [0.25, 0.3) is 0 Å². The molecule has 1 N–H and O–H groups in total. The number of benzene rings is 1. The maximum atomic E-state index is 12.6. The zero-order chi connectivity index (χ0) is 18.7. The number of rotatable bonds is 3. The van der Waals surface area contributed by atoms with Gasteiger partial charge in [-0.05, 0) is 68.1 Å². The van der Waals surface area contributed by atoms with Crippen molar-refractivity contribution in [3.8, 4) is 0 Å². The number of nitrogens with zero attached hydrogens (tertiary/aromatic N) is 2. The van der Waals surface area contributed by atoms with Crippen molar-refractivity contribution in [2.24, 2.45) is 17.8 Å². The summed E-state index contributed by atoms with van der Waals surface area (Å²) < 4.78 is 0. The predicted molar refractivity (Wildman–Crippen MR) is 109 cm³/mol. The van der Waals surface area contributed by atoms with Gasteiger partial charge in [0, 0.05) is 38.4 Å². The van der Waals surface area contributed by atoms with E-state index in [1.807, 2.05) is 11.8 Å². The lowest BCUT2D eigenvalue weighted by atomic mass is 9.89. The molecule has 4 heteroatoms. The summed E-state index contributed by atoms with van der Waals surface area (Å²) in [6.45, 7) is 14.3. The average molecular weight is 358 g/mol. The third-order valence-electron chi connectivity index (χ3n) is 6.00. The van der Waals surface area contributed by atoms with E-state index in [1.165, 1.54) is 31.6 Å². The van der Waals surface area contributed by atoms with Gasteiger partial charge in [0.15, 0.2) is 0 Å². The van der Waals surface area contributed by atoms with Crippen molar-refractivity contribution in [2.75, 3.05) is 38.0 Å². The predicted octanol–water partition coefficient (Wildman–Crippen LogP) is 4.53. The van der Waals surface area contributed by atoms with Crippen LogP contribution in [-0.4, -0.2) is 48.6 Å². The normalized spacial score (nSPS) is 25.3. The summed E-state index contributed by atoms with van der Waals surface area (Å²) in [5, 5.41) is 3.11. The van der Waals surface area contributed by atoms with Crippen LogP contribution in [0.15, 0.2) is 18.2 Å². The standard InChI is InChI=1S/C22H35N3O/c1-16-5-6-19(4)21(12-16)23-22(26)25-9-7-20(8-10-25)15-24-13-17(2)11-18(3)14-24/h5-6,12,17-18,20H,7-11,13-15H2,1-4H3,(H,23,26). The molecule has 0 bridgehead atoms. The summed E-state index contributed by atoms with van der Waals surface area (Å²) >= 11 is 0. The molecule has 2 heterocycles. The van der Waals surface area contributed by atoms with Gasteiger partial charge in [-0.2, -0.15) is 0 Å². The first kappa shape index (κ1) is 19.2. The van der Waals surface area contributed by atoms with Crippen LogP contribution in [0.2, 0.25) is 0 Å². The van der Waals surface area contributed by atoms with Gasteiger partial charge in [0.2, 0.25) is 0 Å². The molecule has 0 spiro atoms. The van der Waals surface area contributed by atoms with Crippen molar-refractivity contribution in [3.05, 3.63) is 29.3 Å². The van der Waals surface area contributed by atoms with Gasteiger partial charge >= 0.3 is 6.03 Å². The van der Waals surface area contributed by atoms with E-state index in [9.17, 15) is 4.79 Å². The third kappa shape index (κ3) is 5.00. The molecule has 3 rings (SSSR count). The van der Waals surface area contributed by atoms with Crippen molar-refractivity contribution in [1.29, 1.82) is 0 Å². The quantitative estimate of drug-likeness (QED) is 0.863. The highest BCUT2D eigenvalue weighted by Gasteiger charge is 2.27. The number of hydrogen-bond donors (Lipinski definition) is 1. The Hall–Kier alpha value is -1.55. The van der Waals surface area contributed by atoms with Crippen LogP contribution in [0.1, 0.15) is 44.2 Å². The number of carbonyl (C=O) groups excluding carboxylic acids is 1. The smallest absolute Gasteiger partial charge is 0.321 e. The van der Waals surface area contributed by atoms with Crippen LogP contribution in [0.4, 0.5) is 10.5 Å². The summed E-state index contributed by atoms with van der Waals surface area (Å²) in [7, 11) is 0. The molecule has 2 unspecified atom stereocenters. The van der Waals surface area contributed by atoms with E-state index < -0.39 is 0 Å². The van der Waals surface area contributed by atoms with Crippen molar-refractivity contribution >= 4 is 11.7 Å². The molecule has 2 aliphatic rings. The Labute approximate surface area is 158 Å². The SMILES string of the molecule is Cc1ccc(C)c(NC(=O)N2CCC(CN3CC(C)CC(C)C3)CC2)c1. The lowest BCUT2D eigenvalue weighted by molar-refractivity contribution is 0.101. The van der Waals surface area contributed by atoms with E-state index in [2.05, 4.69) is 49.2 Å². The van der Waals surface area contributed by atoms with Gasteiger partial charge < -0.3 is 15.1 Å². The highest BCUT2D eigenvalue weighted by molar-refractivity contribution is 5.90. The van der Waals surface area contributed by atoms with Gasteiger partial charge in [-0.15, -0.1) is 0 Å². The molecule has 1 aromatic rings. The molecule has 144 valence electrons. The zero-order valence-corrected chi connectivity index (χ0v) is 16.9. The minimum absolute atomic E-state index is 0.0531. The topological polar surface area (TPSA) is 35.6 Å². The van der Waals surface area contributed by atoms with Crippen molar-refractivity contribution in [1.82, 2.24) is 9.80 Å². The molecule has 0 radical (unpaired) electrons. The number of hydrogen-bond acceptors (Lipinski definition) is 2. The average Bonchev–Trinajstić information content (AvgIpc) is 2.58. The van der Waals surface area contributed by atoms with Crippen LogP contribution >= 0.6 is 0 Å². The number of piperidine rings is 2. The summed E-state index contributed by atoms with van der Waals surface area (Å²) in [6, 6.07) is 6.26. The largest absolute Gasteiger partial charge is 0.325 e. The number of anilines is 1. The Kier molecular flexibility index (Phi) is 6.23. The van der Waals surface area contributed by atoms with E-state index in [1.54, 1.807) is 0 Å². The lowest BCUT2D eigenvalue weighted by Gasteiger charge is -2.39. The summed E-state index contributed by atoms with van der Waals surface area (Å²) in [5.74, 6) is 2.38. The first-order valence-electron chi connectivity index (χ1n) is 10.3. The van der Waals surface area contributed by atoms with Crippen LogP contribution in [0.3, 0.4) is 0 Å². The number of nitrogens with one attached hydrogen (secondary N) is 1. The van der Waals surface area contributed by atoms with E-state index in [0.29, 0.717) is 0 Å². The second-order valence-electron chi connectivity index (χ2n) is 8.84. The maximum absolute atomic E-state index is 12.6. The third-order valence-corrected chi connectivity index (χ3v) is 6.00. The van der Waals surface area contributed by atoms with Crippen LogP contribution in [0, 0.1) is 31.6 Å². The van der Waals surface area contributed by atoms with Crippen LogP contribution in [0.5, 0.6) is 0 Å². The van der Waals surface area contributed by atoms with Crippen molar-refractivity contribution < 1.29 is 4.79 Å².